The summed E-state index contributed by atoms with van der Waals surface area (Å²) in [5.74, 6) is 0. The minimum Gasteiger partial charge on any atom is 4.00 e. The van der Waals surface area contributed by atoms with Crippen LogP contribution in [0.2, 0.25) is 0 Å². The van der Waals surface area contributed by atoms with E-state index in [9.17, 15) is 3.50 Å². The summed E-state index contributed by atoms with van der Waals surface area (Å²) < 4.78 is 12.7. The number of rotatable bonds is 1. The van der Waals surface area contributed by atoms with Crippen molar-refractivity contribution in [3.63, 3.8) is 0 Å². The van der Waals surface area contributed by atoms with Gasteiger partial charge in [0, 0.05) is 0 Å². The van der Waals surface area contributed by atoms with Gasteiger partial charge in [0.1, 0.15) is 0 Å². The normalized spacial score (nSPS) is 6.79. The van der Waals surface area contributed by atoms with Gasteiger partial charge in [-0.1, -0.05) is 0 Å². The number of nitrogens with one attached hydrogen (secondary N) is 3. The van der Waals surface area contributed by atoms with E-state index in [0.29, 0.717) is 0 Å². The third-order valence-electron chi connectivity index (χ3n) is 0.886. The first-order valence-corrected chi connectivity index (χ1v) is 6.30. The molecule has 0 saturated carbocycles. The van der Waals surface area contributed by atoms with Crippen molar-refractivity contribution in [2.45, 2.75) is 0 Å². The third-order valence-corrected chi connectivity index (χ3v) is 2.52. The van der Waals surface area contributed by atoms with E-state index in [0.717, 1.165) is 4.40 Å². The van der Waals surface area contributed by atoms with Crippen molar-refractivity contribution in [2.75, 3.05) is 21.1 Å². The Morgan fingerprint density at radius 3 is 1.36 bits per heavy atom. The van der Waals surface area contributed by atoms with Gasteiger partial charge in [-0.15, -0.1) is 0 Å². The van der Waals surface area contributed by atoms with Crippen LogP contribution in [0.15, 0.2) is 24.3 Å². The van der Waals surface area contributed by atoms with Crippen molar-refractivity contribution >= 4 is 20.3 Å². The molecule has 0 aliphatic heterocycles. The smallest absolute Gasteiger partial charge is 4.00 e. The van der Waals surface area contributed by atoms with Gasteiger partial charge >= 0.3 is 73.9 Å². The van der Waals surface area contributed by atoms with Crippen LogP contribution < -0.4 is 4.40 Å². The molecular formula is C8H18FGeHfN3. The molecular weight excluding hydrogens is 408 g/mol. The van der Waals surface area contributed by atoms with Crippen LogP contribution >= 0.6 is 0 Å². The van der Waals surface area contributed by atoms with E-state index in [1.54, 1.807) is 0 Å². The minimum absolute atomic E-state index is 0. The largest absolute Gasteiger partial charge is 4.00 e. The Labute approximate surface area is 112 Å². The molecule has 80 valence electrons. The van der Waals surface area contributed by atoms with Crippen LogP contribution in [-0.2, 0) is 25.8 Å². The second-order valence-corrected chi connectivity index (χ2v) is 3.70. The second kappa shape index (κ2) is 29.2. The summed E-state index contributed by atoms with van der Waals surface area (Å²) in [5.41, 5.74) is 17.2. The van der Waals surface area contributed by atoms with E-state index in [1.165, 1.54) is 21.1 Å². The topological polar surface area (TPSA) is 71.4 Å². The molecule has 14 heavy (non-hydrogen) atoms. The van der Waals surface area contributed by atoms with Crippen molar-refractivity contribution in [3.05, 3.63) is 41.5 Å². The van der Waals surface area contributed by atoms with Crippen molar-refractivity contribution in [1.29, 1.82) is 0 Å². The van der Waals surface area contributed by atoms with Gasteiger partial charge in [0.05, 0.1) is 0 Å². The van der Waals surface area contributed by atoms with E-state index in [-0.39, 0.29) is 25.8 Å². The molecule has 0 fully saturated rings. The van der Waals surface area contributed by atoms with Gasteiger partial charge in [-0.2, -0.15) is 21.1 Å². The fourth-order valence-electron chi connectivity index (χ4n) is 0.503. The number of halogens is 1. The van der Waals surface area contributed by atoms with Crippen molar-refractivity contribution in [2.24, 2.45) is 0 Å². The van der Waals surface area contributed by atoms with E-state index < -0.39 is 15.9 Å². The molecule has 0 amide bonds. The molecule has 1 aromatic carbocycles. The molecule has 0 bridgehead atoms. The molecule has 0 atom stereocenters. The molecule has 1 rings (SSSR count). The standard InChI is InChI=1S/C5H6FGe.3CH4N.Hf/c6-7-5-3-1-2-4-5;3*1-2;/h1-4H,7H2;3*2H,1H3;/q4*-1;+4. The second-order valence-electron chi connectivity index (χ2n) is 1.43. The fraction of sp³-hybridized carbons (Fsp3) is 0.375. The van der Waals surface area contributed by atoms with E-state index in [4.69, 9.17) is 17.2 Å². The maximum Gasteiger partial charge on any atom is 4.00 e. The predicted octanol–water partition coefficient (Wildman–Crippen LogP) is 2.09. The molecule has 0 radical (unpaired) electrons. The Hall–Kier alpha value is 0.573. The molecule has 0 aliphatic carbocycles. The molecule has 0 saturated heterocycles. The van der Waals surface area contributed by atoms with Crippen LogP contribution in [0.1, 0.15) is 0 Å². The molecule has 0 heterocycles. The first-order valence-electron chi connectivity index (χ1n) is 3.70. The van der Waals surface area contributed by atoms with Gasteiger partial charge in [0.25, 0.3) is 0 Å². The van der Waals surface area contributed by atoms with E-state index in [1.807, 2.05) is 24.3 Å². The number of hydrogen-bond acceptors (Lipinski definition) is 0. The average molecular weight is 426 g/mol. The van der Waals surface area contributed by atoms with Crippen LogP contribution in [0.5, 0.6) is 0 Å². The van der Waals surface area contributed by atoms with Gasteiger partial charge < -0.3 is 17.2 Å². The molecule has 0 unspecified atom stereocenters. The van der Waals surface area contributed by atoms with Crippen LogP contribution in [0.4, 0.5) is 3.50 Å². The van der Waals surface area contributed by atoms with Crippen molar-refractivity contribution in [1.82, 2.24) is 0 Å². The van der Waals surface area contributed by atoms with E-state index in [2.05, 4.69) is 0 Å². The summed E-state index contributed by atoms with van der Waals surface area (Å²) in [6, 6.07) is 7.44. The number of hydrogen-bond donors (Lipinski definition) is 0. The van der Waals surface area contributed by atoms with Crippen LogP contribution in [-0.4, -0.2) is 37.0 Å². The Morgan fingerprint density at radius 2 is 1.21 bits per heavy atom. The third kappa shape index (κ3) is 18.4. The van der Waals surface area contributed by atoms with Gasteiger partial charge in [-0.25, -0.2) is 0 Å². The predicted molar refractivity (Wildman–Crippen MR) is 62.1 cm³/mol. The molecule has 6 heteroatoms. The van der Waals surface area contributed by atoms with Gasteiger partial charge in [0.15, 0.2) is 0 Å². The first kappa shape index (κ1) is 24.0. The van der Waals surface area contributed by atoms with Crippen molar-refractivity contribution in [3.8, 4) is 0 Å². The van der Waals surface area contributed by atoms with E-state index >= 15 is 0 Å². The SMILES string of the molecule is C[NH-].C[NH-].C[NH-].[F][GeH2][c-]1cccc1.[Hf+4]. The van der Waals surface area contributed by atoms with Crippen LogP contribution in [0.25, 0.3) is 17.2 Å². The molecule has 1 aromatic rings. The van der Waals surface area contributed by atoms with Gasteiger partial charge in [-0.3, -0.25) is 0 Å². The summed E-state index contributed by atoms with van der Waals surface area (Å²) in [6.07, 6.45) is 0. The minimum atomic E-state index is -1.73. The molecule has 3 nitrogen and oxygen atoms in total. The summed E-state index contributed by atoms with van der Waals surface area (Å²) in [6.45, 7) is 0. The summed E-state index contributed by atoms with van der Waals surface area (Å²) in [5, 5.41) is 0. The fourth-order valence-corrected chi connectivity index (χ4v) is 1.45. The van der Waals surface area contributed by atoms with Gasteiger partial charge in [-0.05, 0) is 0 Å². The maximum atomic E-state index is 11.7. The maximum absolute atomic E-state index is 11.7. The quantitative estimate of drug-likeness (QED) is 0.488. The monoisotopic (exact) mass is 429 g/mol. The zero-order valence-corrected chi connectivity index (χ0v) is 15.5. The average Bonchev–Trinajstić information content (AvgIpc) is 2.79. The molecule has 0 aromatic heterocycles. The Kier molecular flexibility index (Phi) is 50.1. The molecule has 3 N–H and O–H groups in total. The first-order chi connectivity index (χ1) is 6.43. The summed E-state index contributed by atoms with van der Waals surface area (Å²) in [7, 11) is 3.75. The Morgan fingerprint density at radius 1 is 0.929 bits per heavy atom. The Balaban J connectivity index is -0.0000000625. The summed E-state index contributed by atoms with van der Waals surface area (Å²) in [4.78, 5) is 0. The molecule has 0 spiro atoms. The zero-order valence-electron chi connectivity index (χ0n) is 8.89. The van der Waals surface area contributed by atoms with Crippen LogP contribution in [0.3, 0.4) is 0 Å². The zero-order chi connectivity index (χ0) is 11.1. The Bertz CT molecular complexity index is 139. The van der Waals surface area contributed by atoms with Gasteiger partial charge in [0.2, 0.25) is 0 Å². The summed E-state index contributed by atoms with van der Waals surface area (Å²) >= 11 is -1.73. The van der Waals surface area contributed by atoms with Crippen molar-refractivity contribution < 1.29 is 29.3 Å². The molecule has 0 aliphatic rings. The van der Waals surface area contributed by atoms with Crippen LogP contribution in [0, 0.1) is 0 Å².